The second kappa shape index (κ2) is 8.85. The highest BCUT2D eigenvalue weighted by molar-refractivity contribution is 6.31. The molecule has 0 bridgehead atoms. The number of rotatable bonds is 4. The van der Waals surface area contributed by atoms with Crippen LogP contribution in [0.25, 0.3) is 0 Å². The van der Waals surface area contributed by atoms with Gasteiger partial charge in [-0.15, -0.1) is 0 Å². The number of aromatic nitrogens is 1. The minimum atomic E-state index is -5.17. The van der Waals surface area contributed by atoms with Crippen molar-refractivity contribution >= 4 is 40.6 Å². The van der Waals surface area contributed by atoms with Crippen molar-refractivity contribution in [3.63, 3.8) is 0 Å². The standard InChI is InChI=1S/C20H18ClF3N4O2/c1-12-2-5-17(26-11-12)28(19(30)20(22,23)24)16-10-14(21)3-4-15(16)27-18(29)13-6-8-25-9-7-13/h2-6,10-11,25H,7-9H2,1H3,(H,27,29). The lowest BCUT2D eigenvalue weighted by molar-refractivity contribution is -0.169. The topological polar surface area (TPSA) is 74.3 Å². The summed E-state index contributed by atoms with van der Waals surface area (Å²) in [5, 5.41) is 5.75. The van der Waals surface area contributed by atoms with E-state index in [0.29, 0.717) is 35.5 Å². The fourth-order valence-corrected chi connectivity index (χ4v) is 3.05. The number of alkyl halides is 3. The summed E-state index contributed by atoms with van der Waals surface area (Å²) in [4.78, 5) is 29.2. The first-order valence-electron chi connectivity index (χ1n) is 9.01. The molecule has 2 N–H and O–H groups in total. The predicted octanol–water partition coefficient (Wildman–Crippen LogP) is 4.13. The Morgan fingerprint density at radius 2 is 2.00 bits per heavy atom. The van der Waals surface area contributed by atoms with Crippen LogP contribution in [0.2, 0.25) is 5.02 Å². The molecule has 0 atom stereocenters. The van der Waals surface area contributed by atoms with E-state index in [0.717, 1.165) is 0 Å². The molecule has 0 fully saturated rings. The third-order valence-corrected chi connectivity index (χ3v) is 4.61. The molecule has 2 heterocycles. The van der Waals surface area contributed by atoms with Crippen molar-refractivity contribution in [2.24, 2.45) is 0 Å². The Hall–Kier alpha value is -2.91. The highest BCUT2D eigenvalue weighted by Crippen LogP contribution is 2.37. The molecule has 2 aromatic rings. The molecule has 0 saturated heterocycles. The lowest BCUT2D eigenvalue weighted by atomic mass is 10.1. The number of amides is 2. The number of pyridine rings is 1. The number of aryl methyl sites for hydroxylation is 1. The number of hydrogen-bond donors (Lipinski definition) is 2. The largest absolute Gasteiger partial charge is 0.472 e. The molecule has 3 rings (SSSR count). The van der Waals surface area contributed by atoms with Gasteiger partial charge in [-0.25, -0.2) is 4.98 Å². The van der Waals surface area contributed by atoms with Crippen LogP contribution in [0.5, 0.6) is 0 Å². The SMILES string of the molecule is Cc1ccc(N(C(=O)C(F)(F)F)c2cc(Cl)ccc2NC(=O)C2=CCNCC2)nc1. The van der Waals surface area contributed by atoms with Crippen molar-refractivity contribution in [1.82, 2.24) is 10.3 Å². The van der Waals surface area contributed by atoms with Crippen molar-refractivity contribution in [1.29, 1.82) is 0 Å². The molecule has 0 saturated carbocycles. The van der Waals surface area contributed by atoms with E-state index in [1.54, 1.807) is 13.0 Å². The summed E-state index contributed by atoms with van der Waals surface area (Å²) in [6, 6.07) is 6.76. The molecule has 10 heteroatoms. The van der Waals surface area contributed by atoms with Crippen molar-refractivity contribution < 1.29 is 22.8 Å². The number of hydrogen-bond acceptors (Lipinski definition) is 4. The molecule has 0 aliphatic carbocycles. The summed E-state index contributed by atoms with van der Waals surface area (Å²) >= 11 is 6.01. The highest BCUT2D eigenvalue weighted by Gasteiger charge is 2.45. The van der Waals surface area contributed by atoms with Crippen LogP contribution in [0.15, 0.2) is 48.2 Å². The van der Waals surface area contributed by atoms with Gasteiger partial charge in [0.05, 0.1) is 11.4 Å². The van der Waals surface area contributed by atoms with Gasteiger partial charge < -0.3 is 10.6 Å². The first-order valence-corrected chi connectivity index (χ1v) is 9.39. The number of nitrogens with one attached hydrogen (secondary N) is 2. The Kier molecular flexibility index (Phi) is 6.42. The zero-order chi connectivity index (χ0) is 21.9. The van der Waals surface area contributed by atoms with Crippen molar-refractivity contribution in [3.8, 4) is 0 Å². The predicted molar refractivity (Wildman–Crippen MR) is 108 cm³/mol. The van der Waals surface area contributed by atoms with Crippen LogP contribution >= 0.6 is 11.6 Å². The summed E-state index contributed by atoms with van der Waals surface area (Å²) in [5.41, 5.74) is 0.973. The third kappa shape index (κ3) is 4.98. The van der Waals surface area contributed by atoms with E-state index in [1.165, 1.54) is 36.5 Å². The highest BCUT2D eigenvalue weighted by atomic mass is 35.5. The molecule has 1 aliphatic rings. The summed E-state index contributed by atoms with van der Waals surface area (Å²) in [5.74, 6) is -2.86. The Bertz CT molecular complexity index is 991. The number of halogens is 4. The number of carbonyl (C=O) groups is 2. The van der Waals surface area contributed by atoms with Crippen LogP contribution in [0.1, 0.15) is 12.0 Å². The first kappa shape index (κ1) is 21.8. The van der Waals surface area contributed by atoms with E-state index < -0.39 is 18.0 Å². The maximum atomic E-state index is 13.4. The fraction of sp³-hybridized carbons (Fsp3) is 0.250. The average molecular weight is 439 g/mol. The van der Waals surface area contributed by atoms with Gasteiger partial charge >= 0.3 is 12.1 Å². The number of anilines is 3. The fourth-order valence-electron chi connectivity index (χ4n) is 2.88. The van der Waals surface area contributed by atoms with Gasteiger partial charge in [0.15, 0.2) is 0 Å². The van der Waals surface area contributed by atoms with Crippen LogP contribution in [-0.4, -0.2) is 36.1 Å². The second-order valence-corrected chi connectivity index (χ2v) is 7.07. The summed E-state index contributed by atoms with van der Waals surface area (Å²) in [7, 11) is 0. The Balaban J connectivity index is 2.07. The van der Waals surface area contributed by atoms with Gasteiger partial charge in [0.25, 0.3) is 5.91 Å². The van der Waals surface area contributed by atoms with E-state index in [1.807, 2.05) is 0 Å². The molecule has 1 aromatic carbocycles. The third-order valence-electron chi connectivity index (χ3n) is 4.37. The molecule has 1 aromatic heterocycles. The molecule has 2 amide bonds. The Labute approximate surface area is 175 Å². The van der Waals surface area contributed by atoms with Gasteiger partial charge in [0, 0.05) is 23.3 Å². The maximum Gasteiger partial charge on any atom is 0.472 e. The van der Waals surface area contributed by atoms with Crippen LogP contribution in [0.3, 0.4) is 0 Å². The summed E-state index contributed by atoms with van der Waals surface area (Å²) in [6.45, 7) is 2.84. The van der Waals surface area contributed by atoms with E-state index in [9.17, 15) is 22.8 Å². The molecule has 30 heavy (non-hydrogen) atoms. The molecule has 1 aliphatic heterocycles. The number of benzene rings is 1. The number of nitrogens with zero attached hydrogens (tertiary/aromatic N) is 2. The summed E-state index contributed by atoms with van der Waals surface area (Å²) < 4.78 is 40.1. The Morgan fingerprint density at radius 3 is 2.60 bits per heavy atom. The quantitative estimate of drug-likeness (QED) is 0.752. The van der Waals surface area contributed by atoms with E-state index in [-0.39, 0.29) is 22.2 Å². The van der Waals surface area contributed by atoms with Crippen molar-refractivity contribution in [3.05, 3.63) is 58.8 Å². The lowest BCUT2D eigenvalue weighted by Gasteiger charge is -2.26. The van der Waals surface area contributed by atoms with Gasteiger partial charge in [0.2, 0.25) is 0 Å². The minimum absolute atomic E-state index is 0.00353. The molecular weight excluding hydrogens is 421 g/mol. The second-order valence-electron chi connectivity index (χ2n) is 6.63. The van der Waals surface area contributed by atoms with Gasteiger partial charge in [-0.2, -0.15) is 13.2 Å². The molecule has 0 spiro atoms. The lowest BCUT2D eigenvalue weighted by Crippen LogP contribution is -2.39. The monoisotopic (exact) mass is 438 g/mol. The van der Waals surface area contributed by atoms with Crippen LogP contribution < -0.4 is 15.5 Å². The van der Waals surface area contributed by atoms with Crippen LogP contribution in [0, 0.1) is 6.92 Å². The van der Waals surface area contributed by atoms with Crippen LogP contribution in [0.4, 0.5) is 30.4 Å². The average Bonchev–Trinajstić information content (AvgIpc) is 2.71. The molecular formula is C20H18ClF3N4O2. The molecule has 0 radical (unpaired) electrons. The first-order chi connectivity index (χ1) is 14.2. The summed E-state index contributed by atoms with van der Waals surface area (Å²) in [6.07, 6.45) is -1.66. The maximum absolute atomic E-state index is 13.4. The normalized spacial score (nSPS) is 14.1. The van der Waals surface area contributed by atoms with Crippen molar-refractivity contribution in [2.45, 2.75) is 19.5 Å². The number of carbonyl (C=O) groups excluding carboxylic acids is 2. The van der Waals surface area contributed by atoms with Gasteiger partial charge in [0.1, 0.15) is 5.82 Å². The zero-order valence-electron chi connectivity index (χ0n) is 15.9. The smallest absolute Gasteiger partial charge is 0.320 e. The molecule has 158 valence electrons. The minimum Gasteiger partial charge on any atom is -0.320 e. The molecule has 6 nitrogen and oxygen atoms in total. The van der Waals surface area contributed by atoms with E-state index in [2.05, 4.69) is 15.6 Å². The Morgan fingerprint density at radius 1 is 1.23 bits per heavy atom. The van der Waals surface area contributed by atoms with Crippen LogP contribution in [-0.2, 0) is 9.59 Å². The molecule has 0 unspecified atom stereocenters. The van der Waals surface area contributed by atoms with E-state index >= 15 is 0 Å². The van der Waals surface area contributed by atoms with Gasteiger partial charge in [-0.3, -0.25) is 14.5 Å². The van der Waals surface area contributed by atoms with Gasteiger partial charge in [-0.1, -0.05) is 23.7 Å². The van der Waals surface area contributed by atoms with Crippen molar-refractivity contribution in [2.75, 3.05) is 23.3 Å². The zero-order valence-corrected chi connectivity index (χ0v) is 16.6. The van der Waals surface area contributed by atoms with E-state index in [4.69, 9.17) is 11.6 Å². The van der Waals surface area contributed by atoms with Gasteiger partial charge in [-0.05, 0) is 49.7 Å².